The topological polar surface area (TPSA) is 67.8 Å². The summed E-state index contributed by atoms with van der Waals surface area (Å²) in [4.78, 5) is 11.6. The van der Waals surface area contributed by atoms with Gasteiger partial charge in [0.1, 0.15) is 5.75 Å². The first kappa shape index (κ1) is 15.2. The molecule has 0 aliphatic heterocycles. The molecule has 104 valence electrons. The summed E-state index contributed by atoms with van der Waals surface area (Å²) in [6.45, 7) is 0.120. The fraction of sp³-hybridized carbons (Fsp3) is 0.357. The third-order valence-electron chi connectivity index (χ3n) is 2.48. The minimum atomic E-state index is -0.391. The lowest BCUT2D eigenvalue weighted by molar-refractivity contribution is -0.117. The molecule has 1 amide bonds. The maximum Gasteiger partial charge on any atom is 0.244 e. The van der Waals surface area contributed by atoms with Gasteiger partial charge in [-0.3, -0.25) is 4.79 Å². The largest absolute Gasteiger partial charge is 0.497 e. The van der Waals surface area contributed by atoms with Crippen molar-refractivity contribution in [1.82, 2.24) is 5.32 Å². The van der Waals surface area contributed by atoms with Crippen molar-refractivity contribution in [2.24, 2.45) is 0 Å². The number of carbonyl (C=O) groups is 1. The van der Waals surface area contributed by atoms with Gasteiger partial charge in [0, 0.05) is 13.2 Å². The van der Waals surface area contributed by atoms with Gasteiger partial charge in [-0.05, 0) is 23.8 Å². The van der Waals surface area contributed by atoms with Crippen molar-refractivity contribution in [3.8, 4) is 5.75 Å². The van der Waals surface area contributed by atoms with Crippen molar-refractivity contribution in [2.45, 2.75) is 6.04 Å². The molecule has 0 radical (unpaired) electrons. The number of carbonyl (C=O) groups excluding carboxylic acids is 1. The van der Waals surface area contributed by atoms with Crippen molar-refractivity contribution in [2.75, 3.05) is 27.4 Å². The number of ether oxygens (including phenoxy) is 2. The molecule has 0 saturated carbocycles. The van der Waals surface area contributed by atoms with E-state index in [0.29, 0.717) is 0 Å². The molecule has 1 aromatic rings. The normalized spacial score (nSPS) is 12.4. The molecule has 0 bridgehead atoms. The summed E-state index contributed by atoms with van der Waals surface area (Å²) in [5.74, 6) is 0.494. The summed E-state index contributed by atoms with van der Waals surface area (Å²) in [5.41, 5.74) is 0.892. The van der Waals surface area contributed by atoms with Crippen LogP contribution in [0.25, 0.3) is 6.08 Å². The summed E-state index contributed by atoms with van der Waals surface area (Å²) >= 11 is 0. The molecule has 0 saturated heterocycles. The lowest BCUT2D eigenvalue weighted by Crippen LogP contribution is -2.39. The SMILES string of the molecule is COCC(CO)NC(=O)/C=C/c1ccc(OC)cc1. The van der Waals surface area contributed by atoms with E-state index in [1.54, 1.807) is 13.2 Å². The van der Waals surface area contributed by atoms with Crippen LogP contribution in [-0.4, -0.2) is 44.5 Å². The van der Waals surface area contributed by atoms with Gasteiger partial charge in [0.2, 0.25) is 5.91 Å². The Kier molecular flexibility index (Phi) is 6.63. The van der Waals surface area contributed by atoms with Gasteiger partial charge in [-0.25, -0.2) is 0 Å². The van der Waals surface area contributed by atoms with Crippen LogP contribution < -0.4 is 10.1 Å². The van der Waals surface area contributed by atoms with E-state index in [4.69, 9.17) is 14.6 Å². The number of nitrogens with one attached hydrogen (secondary N) is 1. The molecule has 5 heteroatoms. The Labute approximate surface area is 112 Å². The van der Waals surface area contributed by atoms with Crippen molar-refractivity contribution in [1.29, 1.82) is 0 Å². The highest BCUT2D eigenvalue weighted by Crippen LogP contribution is 2.12. The molecule has 0 aliphatic rings. The third kappa shape index (κ3) is 5.54. The monoisotopic (exact) mass is 265 g/mol. The number of rotatable bonds is 7. The molecule has 1 rings (SSSR count). The second-order valence-corrected chi connectivity index (χ2v) is 3.95. The number of aliphatic hydroxyl groups excluding tert-OH is 1. The highest BCUT2D eigenvalue weighted by Gasteiger charge is 2.08. The summed E-state index contributed by atoms with van der Waals surface area (Å²) < 4.78 is 9.92. The van der Waals surface area contributed by atoms with Crippen LogP contribution in [0.15, 0.2) is 30.3 Å². The summed E-state index contributed by atoms with van der Waals surface area (Å²) in [7, 11) is 3.12. The number of aliphatic hydroxyl groups is 1. The first-order valence-corrected chi connectivity index (χ1v) is 5.92. The smallest absolute Gasteiger partial charge is 0.244 e. The lowest BCUT2D eigenvalue weighted by Gasteiger charge is -2.13. The van der Waals surface area contributed by atoms with Gasteiger partial charge in [-0.15, -0.1) is 0 Å². The molecule has 0 fully saturated rings. The Morgan fingerprint density at radius 2 is 2.05 bits per heavy atom. The molecule has 1 atom stereocenters. The van der Waals surface area contributed by atoms with Crippen LogP contribution in [0.4, 0.5) is 0 Å². The minimum absolute atomic E-state index is 0.157. The Balaban J connectivity index is 2.52. The zero-order valence-corrected chi connectivity index (χ0v) is 11.1. The molecular weight excluding hydrogens is 246 g/mol. The average Bonchev–Trinajstić information content (AvgIpc) is 2.45. The average molecular weight is 265 g/mol. The highest BCUT2D eigenvalue weighted by atomic mass is 16.5. The number of amides is 1. The van der Waals surface area contributed by atoms with E-state index in [1.807, 2.05) is 24.3 Å². The van der Waals surface area contributed by atoms with Gasteiger partial charge in [0.05, 0.1) is 26.4 Å². The molecule has 19 heavy (non-hydrogen) atoms. The lowest BCUT2D eigenvalue weighted by atomic mass is 10.2. The number of benzene rings is 1. The van der Waals surface area contributed by atoms with Crippen LogP contribution >= 0.6 is 0 Å². The molecule has 5 nitrogen and oxygen atoms in total. The predicted octanol–water partition coefficient (Wildman–Crippen LogP) is 0.832. The van der Waals surface area contributed by atoms with Gasteiger partial charge >= 0.3 is 0 Å². The Hall–Kier alpha value is -1.85. The summed E-state index contributed by atoms with van der Waals surface area (Å²) in [6, 6.07) is 6.94. The van der Waals surface area contributed by atoms with Crippen LogP contribution in [0, 0.1) is 0 Å². The van der Waals surface area contributed by atoms with Crippen molar-refractivity contribution in [3.63, 3.8) is 0 Å². The fourth-order valence-electron chi connectivity index (χ4n) is 1.48. The van der Waals surface area contributed by atoms with Crippen molar-refractivity contribution >= 4 is 12.0 Å². The number of hydrogen-bond acceptors (Lipinski definition) is 4. The third-order valence-corrected chi connectivity index (χ3v) is 2.48. The highest BCUT2D eigenvalue weighted by molar-refractivity contribution is 5.91. The van der Waals surface area contributed by atoms with Crippen molar-refractivity contribution < 1.29 is 19.4 Å². The van der Waals surface area contributed by atoms with E-state index in [0.717, 1.165) is 11.3 Å². The molecule has 0 aromatic heterocycles. The van der Waals surface area contributed by atoms with Gasteiger partial charge in [0.25, 0.3) is 0 Å². The van der Waals surface area contributed by atoms with E-state index in [-0.39, 0.29) is 19.1 Å². The zero-order chi connectivity index (χ0) is 14.1. The van der Waals surface area contributed by atoms with Crippen molar-refractivity contribution in [3.05, 3.63) is 35.9 Å². The fourth-order valence-corrected chi connectivity index (χ4v) is 1.48. The van der Waals surface area contributed by atoms with Crippen LogP contribution in [0.1, 0.15) is 5.56 Å². The van der Waals surface area contributed by atoms with Gasteiger partial charge in [-0.1, -0.05) is 12.1 Å². The standard InChI is InChI=1S/C14H19NO4/c1-18-10-12(9-16)15-14(17)8-5-11-3-6-13(19-2)7-4-11/h3-8,12,16H,9-10H2,1-2H3,(H,15,17)/b8-5+. The molecule has 2 N–H and O–H groups in total. The Bertz CT molecular complexity index is 414. The van der Waals surface area contributed by atoms with Gasteiger partial charge in [-0.2, -0.15) is 0 Å². The second kappa shape index (κ2) is 8.29. The maximum atomic E-state index is 11.6. The van der Waals surface area contributed by atoms with E-state index >= 15 is 0 Å². The number of hydrogen-bond donors (Lipinski definition) is 2. The molecule has 1 aromatic carbocycles. The Morgan fingerprint density at radius 3 is 2.58 bits per heavy atom. The zero-order valence-electron chi connectivity index (χ0n) is 11.1. The maximum absolute atomic E-state index is 11.6. The number of methoxy groups -OCH3 is 2. The van der Waals surface area contributed by atoms with Crippen LogP contribution in [0.3, 0.4) is 0 Å². The van der Waals surface area contributed by atoms with Crippen LogP contribution in [0.5, 0.6) is 5.75 Å². The minimum Gasteiger partial charge on any atom is -0.497 e. The molecule has 0 aliphatic carbocycles. The van der Waals surface area contributed by atoms with E-state index < -0.39 is 6.04 Å². The second-order valence-electron chi connectivity index (χ2n) is 3.95. The summed E-state index contributed by atoms with van der Waals surface area (Å²) in [5, 5.41) is 11.7. The molecule has 0 spiro atoms. The molecule has 0 heterocycles. The van der Waals surface area contributed by atoms with Crippen LogP contribution in [-0.2, 0) is 9.53 Å². The Morgan fingerprint density at radius 1 is 1.37 bits per heavy atom. The quantitative estimate of drug-likeness (QED) is 0.717. The first-order valence-electron chi connectivity index (χ1n) is 5.92. The molecule has 1 unspecified atom stereocenters. The van der Waals surface area contributed by atoms with E-state index in [9.17, 15) is 4.79 Å². The van der Waals surface area contributed by atoms with Gasteiger partial charge in [0.15, 0.2) is 0 Å². The van der Waals surface area contributed by atoms with Crippen LogP contribution in [0.2, 0.25) is 0 Å². The summed E-state index contributed by atoms with van der Waals surface area (Å²) in [6.07, 6.45) is 3.11. The van der Waals surface area contributed by atoms with Gasteiger partial charge < -0.3 is 19.9 Å². The van der Waals surface area contributed by atoms with E-state index in [1.165, 1.54) is 13.2 Å². The van der Waals surface area contributed by atoms with E-state index in [2.05, 4.69) is 5.32 Å². The predicted molar refractivity (Wildman–Crippen MR) is 72.9 cm³/mol. The first-order chi connectivity index (χ1) is 9.19. The molecular formula is C14H19NO4.